The smallest absolute Gasteiger partial charge is 0.0281 e. The van der Waals surface area contributed by atoms with Gasteiger partial charge in [0.1, 0.15) is 0 Å². The molecule has 3 heteroatoms. The fraction of sp³-hybridized carbons (Fsp3) is 1.00. The lowest BCUT2D eigenvalue weighted by Gasteiger charge is -2.42. The number of hydrogen-bond acceptors (Lipinski definition) is 3. The molecular formula is C15H30N2S. The highest BCUT2D eigenvalue weighted by atomic mass is 32.2. The minimum absolute atomic E-state index is 0.592. The Morgan fingerprint density at radius 2 is 1.94 bits per heavy atom. The highest BCUT2D eigenvalue weighted by Gasteiger charge is 2.36. The fourth-order valence-corrected chi connectivity index (χ4v) is 4.12. The standard InChI is InChI=1S/C15H30N2S/c1-13(2)11-17-9-5-14(6-10-17)16-12-15(18-3)7-4-8-15/h13-14,16H,4-12H2,1-3H3. The molecule has 0 aromatic carbocycles. The van der Waals surface area contributed by atoms with Crippen molar-refractivity contribution in [1.29, 1.82) is 0 Å². The summed E-state index contributed by atoms with van der Waals surface area (Å²) in [5.74, 6) is 0.809. The van der Waals surface area contributed by atoms with Crippen molar-refractivity contribution in [3.05, 3.63) is 0 Å². The van der Waals surface area contributed by atoms with Crippen LogP contribution in [-0.2, 0) is 0 Å². The Labute approximate surface area is 117 Å². The van der Waals surface area contributed by atoms with Crippen molar-refractivity contribution in [3.8, 4) is 0 Å². The summed E-state index contributed by atoms with van der Waals surface area (Å²) in [6, 6.07) is 0.776. The Bertz CT molecular complexity index is 237. The van der Waals surface area contributed by atoms with Gasteiger partial charge in [-0.05, 0) is 50.9 Å². The number of rotatable bonds is 6. The summed E-state index contributed by atoms with van der Waals surface area (Å²) in [5, 5.41) is 3.84. The van der Waals surface area contributed by atoms with Crippen molar-refractivity contribution in [2.75, 3.05) is 32.4 Å². The average molecular weight is 270 g/mol. The first-order chi connectivity index (χ1) is 8.63. The maximum Gasteiger partial charge on any atom is 0.0281 e. The van der Waals surface area contributed by atoms with Crippen molar-refractivity contribution in [3.63, 3.8) is 0 Å². The predicted octanol–water partition coefficient (Wildman–Crippen LogP) is 2.98. The SMILES string of the molecule is CSC1(CNC2CCN(CC(C)C)CC2)CCC1. The van der Waals surface area contributed by atoms with E-state index in [9.17, 15) is 0 Å². The van der Waals surface area contributed by atoms with Gasteiger partial charge in [-0.3, -0.25) is 0 Å². The van der Waals surface area contributed by atoms with E-state index in [4.69, 9.17) is 0 Å². The minimum Gasteiger partial charge on any atom is -0.313 e. The Balaban J connectivity index is 1.64. The zero-order chi connectivity index (χ0) is 13.0. The summed E-state index contributed by atoms with van der Waals surface area (Å²) in [6.45, 7) is 9.75. The van der Waals surface area contributed by atoms with Gasteiger partial charge in [0.05, 0.1) is 0 Å². The third kappa shape index (κ3) is 3.88. The summed E-state index contributed by atoms with van der Waals surface area (Å²) >= 11 is 2.08. The molecule has 106 valence electrons. The van der Waals surface area contributed by atoms with Gasteiger partial charge in [0.2, 0.25) is 0 Å². The molecule has 0 unspecified atom stereocenters. The van der Waals surface area contributed by atoms with E-state index >= 15 is 0 Å². The van der Waals surface area contributed by atoms with Crippen molar-refractivity contribution in [2.24, 2.45) is 5.92 Å². The second-order valence-corrected chi connectivity index (χ2v) is 7.86. The second-order valence-electron chi connectivity index (χ2n) is 6.59. The van der Waals surface area contributed by atoms with Crippen LogP contribution in [0, 0.1) is 5.92 Å². The number of nitrogens with one attached hydrogen (secondary N) is 1. The third-order valence-corrected chi connectivity index (χ3v) is 6.04. The largest absolute Gasteiger partial charge is 0.313 e. The lowest BCUT2D eigenvalue weighted by atomic mass is 9.84. The topological polar surface area (TPSA) is 15.3 Å². The van der Waals surface area contributed by atoms with Gasteiger partial charge < -0.3 is 10.2 Å². The molecule has 1 aliphatic carbocycles. The van der Waals surface area contributed by atoms with Gasteiger partial charge in [-0.25, -0.2) is 0 Å². The summed E-state index contributed by atoms with van der Waals surface area (Å²) in [7, 11) is 0. The number of hydrogen-bond donors (Lipinski definition) is 1. The van der Waals surface area contributed by atoms with Crippen LogP contribution in [-0.4, -0.2) is 48.1 Å². The fourth-order valence-electron chi connectivity index (χ4n) is 3.19. The molecule has 2 rings (SSSR count). The zero-order valence-corrected chi connectivity index (χ0v) is 13.2. The van der Waals surface area contributed by atoms with E-state index < -0.39 is 0 Å². The van der Waals surface area contributed by atoms with Crippen molar-refractivity contribution >= 4 is 11.8 Å². The maximum absolute atomic E-state index is 3.84. The van der Waals surface area contributed by atoms with E-state index in [1.807, 2.05) is 0 Å². The minimum atomic E-state index is 0.592. The Kier molecular flexibility index (Phi) is 5.40. The van der Waals surface area contributed by atoms with Crippen molar-refractivity contribution in [1.82, 2.24) is 10.2 Å². The molecule has 0 bridgehead atoms. The number of likely N-dealkylation sites (tertiary alicyclic amines) is 1. The first kappa shape index (κ1) is 14.7. The van der Waals surface area contributed by atoms with Crippen LogP contribution in [0.5, 0.6) is 0 Å². The number of nitrogens with zero attached hydrogens (tertiary/aromatic N) is 1. The second kappa shape index (κ2) is 6.62. The van der Waals surface area contributed by atoms with Gasteiger partial charge in [0.15, 0.2) is 0 Å². The van der Waals surface area contributed by atoms with Crippen molar-refractivity contribution < 1.29 is 0 Å². The van der Waals surface area contributed by atoms with Crippen LogP contribution in [0.25, 0.3) is 0 Å². The highest BCUT2D eigenvalue weighted by Crippen LogP contribution is 2.42. The maximum atomic E-state index is 3.84. The van der Waals surface area contributed by atoms with E-state index in [0.29, 0.717) is 4.75 Å². The molecule has 0 aromatic heterocycles. The molecule has 1 aliphatic heterocycles. The molecule has 0 atom stereocenters. The summed E-state index contributed by atoms with van der Waals surface area (Å²) < 4.78 is 0.592. The molecule has 2 aliphatic rings. The molecule has 0 aromatic rings. The van der Waals surface area contributed by atoms with E-state index in [2.05, 4.69) is 42.1 Å². The summed E-state index contributed by atoms with van der Waals surface area (Å²) in [6.07, 6.45) is 9.26. The van der Waals surface area contributed by atoms with Crippen LogP contribution < -0.4 is 5.32 Å². The van der Waals surface area contributed by atoms with E-state index in [1.54, 1.807) is 0 Å². The molecule has 1 heterocycles. The van der Waals surface area contributed by atoms with Crippen LogP contribution in [0.15, 0.2) is 0 Å². The van der Waals surface area contributed by atoms with Crippen LogP contribution in [0.4, 0.5) is 0 Å². The first-order valence-corrected chi connectivity index (χ1v) is 8.87. The third-order valence-electron chi connectivity index (χ3n) is 4.62. The molecule has 2 fully saturated rings. The van der Waals surface area contributed by atoms with Gasteiger partial charge in [-0.2, -0.15) is 11.8 Å². The molecular weight excluding hydrogens is 240 g/mol. The quantitative estimate of drug-likeness (QED) is 0.799. The lowest BCUT2D eigenvalue weighted by molar-refractivity contribution is 0.175. The Hall–Kier alpha value is 0.270. The monoisotopic (exact) mass is 270 g/mol. The normalized spacial score (nSPS) is 25.3. The van der Waals surface area contributed by atoms with Crippen LogP contribution in [0.3, 0.4) is 0 Å². The van der Waals surface area contributed by atoms with E-state index in [1.165, 1.54) is 58.3 Å². The molecule has 0 amide bonds. The summed E-state index contributed by atoms with van der Waals surface area (Å²) in [5.41, 5.74) is 0. The first-order valence-electron chi connectivity index (χ1n) is 7.64. The average Bonchev–Trinajstić information content (AvgIpc) is 2.30. The van der Waals surface area contributed by atoms with E-state index in [-0.39, 0.29) is 0 Å². The number of piperidine rings is 1. The van der Waals surface area contributed by atoms with Crippen LogP contribution >= 0.6 is 11.8 Å². The molecule has 1 saturated carbocycles. The van der Waals surface area contributed by atoms with Crippen LogP contribution in [0.2, 0.25) is 0 Å². The Morgan fingerprint density at radius 1 is 1.28 bits per heavy atom. The summed E-state index contributed by atoms with van der Waals surface area (Å²) in [4.78, 5) is 2.64. The van der Waals surface area contributed by atoms with Crippen molar-refractivity contribution in [2.45, 2.75) is 56.7 Å². The van der Waals surface area contributed by atoms with Crippen LogP contribution in [0.1, 0.15) is 46.0 Å². The molecule has 1 saturated heterocycles. The molecule has 2 nitrogen and oxygen atoms in total. The lowest BCUT2D eigenvalue weighted by Crippen LogP contribution is -2.50. The Morgan fingerprint density at radius 3 is 2.39 bits per heavy atom. The molecule has 0 spiro atoms. The van der Waals surface area contributed by atoms with Gasteiger partial charge >= 0.3 is 0 Å². The van der Waals surface area contributed by atoms with Gasteiger partial charge in [-0.15, -0.1) is 0 Å². The number of thioether (sulfide) groups is 1. The highest BCUT2D eigenvalue weighted by molar-refractivity contribution is 8.00. The molecule has 1 N–H and O–H groups in total. The van der Waals surface area contributed by atoms with Gasteiger partial charge in [-0.1, -0.05) is 20.3 Å². The van der Waals surface area contributed by atoms with Gasteiger partial charge in [0, 0.05) is 23.9 Å². The molecule has 0 radical (unpaired) electrons. The zero-order valence-electron chi connectivity index (χ0n) is 12.4. The predicted molar refractivity (Wildman–Crippen MR) is 82.4 cm³/mol. The van der Waals surface area contributed by atoms with Gasteiger partial charge in [0.25, 0.3) is 0 Å². The van der Waals surface area contributed by atoms with E-state index in [0.717, 1.165) is 12.0 Å². The molecule has 18 heavy (non-hydrogen) atoms.